The van der Waals surface area contributed by atoms with Crippen molar-refractivity contribution < 1.29 is 13.2 Å². The van der Waals surface area contributed by atoms with E-state index in [1.807, 2.05) is 23.1 Å². The van der Waals surface area contributed by atoms with Gasteiger partial charge in [0.15, 0.2) is 9.84 Å². The zero-order chi connectivity index (χ0) is 22.7. The van der Waals surface area contributed by atoms with Crippen LogP contribution in [-0.4, -0.2) is 56.6 Å². The van der Waals surface area contributed by atoms with Gasteiger partial charge in [-0.3, -0.25) is 9.69 Å². The number of piperazine rings is 1. The molecule has 2 aromatic carbocycles. The molecule has 168 valence electrons. The summed E-state index contributed by atoms with van der Waals surface area (Å²) in [6, 6.07) is 19.1. The molecule has 0 atom stereocenters. The van der Waals surface area contributed by atoms with Gasteiger partial charge in [0.25, 0.3) is 5.91 Å². The molecule has 4 rings (SSSR count). The van der Waals surface area contributed by atoms with Gasteiger partial charge in [-0.25, -0.2) is 8.42 Å². The summed E-state index contributed by atoms with van der Waals surface area (Å²) in [5, 5.41) is 0.739. The Morgan fingerprint density at radius 3 is 2.38 bits per heavy atom. The standard InChI is InChI=1S/C24H25ClN2O3S2/c1-32(29,30)17-18-5-7-19(8-6-18)24(28)27-13-11-26(12-14-27)16-22-9-10-23(31-22)20-3-2-4-21(25)15-20/h2-10,15H,11-14,16-17H2,1H3. The van der Waals surface area contributed by atoms with Crippen LogP contribution in [0.1, 0.15) is 20.8 Å². The number of hydrogen-bond donors (Lipinski definition) is 0. The summed E-state index contributed by atoms with van der Waals surface area (Å²) >= 11 is 7.89. The molecule has 5 nitrogen and oxygen atoms in total. The normalized spacial score (nSPS) is 15.1. The minimum atomic E-state index is -3.09. The number of carbonyl (C=O) groups is 1. The number of benzene rings is 2. The van der Waals surface area contributed by atoms with Crippen molar-refractivity contribution in [2.24, 2.45) is 0 Å². The van der Waals surface area contributed by atoms with E-state index in [2.05, 4.69) is 23.1 Å². The molecule has 1 aromatic heterocycles. The molecular weight excluding hydrogens is 464 g/mol. The molecule has 0 radical (unpaired) electrons. The third-order valence-corrected chi connectivity index (χ3v) is 7.65. The number of rotatable bonds is 6. The zero-order valence-electron chi connectivity index (χ0n) is 17.8. The monoisotopic (exact) mass is 488 g/mol. The molecule has 0 saturated carbocycles. The summed E-state index contributed by atoms with van der Waals surface area (Å²) in [6.45, 7) is 3.87. The van der Waals surface area contributed by atoms with Crippen molar-refractivity contribution >= 4 is 38.7 Å². The van der Waals surface area contributed by atoms with Gasteiger partial charge in [-0.15, -0.1) is 11.3 Å². The summed E-state index contributed by atoms with van der Waals surface area (Å²) in [4.78, 5) is 19.6. The van der Waals surface area contributed by atoms with Crippen molar-refractivity contribution in [2.45, 2.75) is 12.3 Å². The Morgan fingerprint density at radius 2 is 1.72 bits per heavy atom. The lowest BCUT2D eigenvalue weighted by atomic mass is 10.1. The van der Waals surface area contributed by atoms with Crippen LogP contribution in [0.3, 0.4) is 0 Å². The first-order valence-corrected chi connectivity index (χ1v) is 13.7. The van der Waals surface area contributed by atoms with Gasteiger partial charge in [0.05, 0.1) is 5.75 Å². The molecule has 8 heteroatoms. The molecular formula is C24H25ClN2O3S2. The lowest BCUT2D eigenvalue weighted by Crippen LogP contribution is -2.48. The topological polar surface area (TPSA) is 57.7 Å². The van der Waals surface area contributed by atoms with Crippen LogP contribution in [0.25, 0.3) is 10.4 Å². The van der Waals surface area contributed by atoms with Crippen LogP contribution in [0.15, 0.2) is 60.7 Å². The van der Waals surface area contributed by atoms with Gasteiger partial charge in [-0.2, -0.15) is 0 Å². The van der Waals surface area contributed by atoms with E-state index in [0.717, 1.165) is 30.2 Å². The van der Waals surface area contributed by atoms with E-state index < -0.39 is 9.84 Å². The second-order valence-electron chi connectivity index (χ2n) is 8.11. The van der Waals surface area contributed by atoms with Crippen LogP contribution in [0, 0.1) is 0 Å². The molecule has 0 unspecified atom stereocenters. The molecule has 0 bridgehead atoms. The number of halogens is 1. The van der Waals surface area contributed by atoms with Crippen molar-refractivity contribution in [3.05, 3.63) is 81.7 Å². The summed E-state index contributed by atoms with van der Waals surface area (Å²) in [5.41, 5.74) is 2.42. The number of amides is 1. The Kier molecular flexibility index (Phi) is 7.00. The first-order valence-electron chi connectivity index (χ1n) is 10.4. The maximum atomic E-state index is 12.8. The summed E-state index contributed by atoms with van der Waals surface area (Å²) in [7, 11) is -3.09. The molecule has 1 aliphatic heterocycles. The van der Waals surface area contributed by atoms with Crippen molar-refractivity contribution in [3.63, 3.8) is 0 Å². The Bertz CT molecular complexity index is 1200. The molecule has 32 heavy (non-hydrogen) atoms. The quantitative estimate of drug-likeness (QED) is 0.510. The van der Waals surface area contributed by atoms with Crippen LogP contribution in [0.4, 0.5) is 0 Å². The number of carbonyl (C=O) groups excluding carboxylic acids is 1. The van der Waals surface area contributed by atoms with Gasteiger partial charge in [-0.1, -0.05) is 35.9 Å². The average Bonchev–Trinajstić information content (AvgIpc) is 3.22. The third-order valence-electron chi connectivity index (χ3n) is 5.44. The molecule has 3 aromatic rings. The second-order valence-corrected chi connectivity index (χ2v) is 11.9. The van der Waals surface area contributed by atoms with Crippen molar-refractivity contribution in [1.29, 1.82) is 0 Å². The highest BCUT2D eigenvalue weighted by Crippen LogP contribution is 2.30. The molecule has 1 fully saturated rings. The van der Waals surface area contributed by atoms with Crippen LogP contribution in [0.5, 0.6) is 0 Å². The molecule has 0 spiro atoms. The van der Waals surface area contributed by atoms with E-state index >= 15 is 0 Å². The van der Waals surface area contributed by atoms with Crippen molar-refractivity contribution in [3.8, 4) is 10.4 Å². The molecule has 2 heterocycles. The molecule has 0 N–H and O–H groups in total. The molecule has 1 saturated heterocycles. The van der Waals surface area contributed by atoms with Crippen LogP contribution < -0.4 is 0 Å². The highest BCUT2D eigenvalue weighted by Gasteiger charge is 2.22. The first-order chi connectivity index (χ1) is 15.3. The van der Waals surface area contributed by atoms with Crippen molar-refractivity contribution in [2.75, 3.05) is 32.4 Å². The van der Waals surface area contributed by atoms with Crippen LogP contribution in [-0.2, 0) is 22.1 Å². The lowest BCUT2D eigenvalue weighted by Gasteiger charge is -2.34. The zero-order valence-corrected chi connectivity index (χ0v) is 20.2. The maximum Gasteiger partial charge on any atom is 0.253 e. The van der Waals surface area contributed by atoms with Gasteiger partial charge in [0, 0.05) is 59.3 Å². The highest BCUT2D eigenvalue weighted by molar-refractivity contribution is 7.89. The predicted octanol–water partition coefficient (Wildman–Crippen LogP) is 4.57. The highest BCUT2D eigenvalue weighted by atomic mass is 35.5. The van der Waals surface area contributed by atoms with Crippen LogP contribution in [0.2, 0.25) is 5.02 Å². The van der Waals surface area contributed by atoms with Gasteiger partial charge in [0.2, 0.25) is 0 Å². The second kappa shape index (κ2) is 9.75. The summed E-state index contributed by atoms with van der Waals surface area (Å²) < 4.78 is 22.9. The molecule has 1 amide bonds. The SMILES string of the molecule is CS(=O)(=O)Cc1ccc(C(=O)N2CCN(Cc3ccc(-c4cccc(Cl)c4)s3)CC2)cc1. The Hall–Kier alpha value is -2.19. The number of nitrogens with zero attached hydrogens (tertiary/aromatic N) is 2. The summed E-state index contributed by atoms with van der Waals surface area (Å²) in [6.07, 6.45) is 1.21. The van der Waals surface area contributed by atoms with E-state index in [1.165, 1.54) is 16.0 Å². The minimum absolute atomic E-state index is 0.00470. The number of thiophene rings is 1. The van der Waals surface area contributed by atoms with Gasteiger partial charge >= 0.3 is 0 Å². The fraction of sp³-hybridized carbons (Fsp3) is 0.292. The van der Waals surface area contributed by atoms with Gasteiger partial charge in [0.1, 0.15) is 0 Å². The average molecular weight is 489 g/mol. The number of hydrogen-bond acceptors (Lipinski definition) is 5. The summed E-state index contributed by atoms with van der Waals surface area (Å²) in [5.74, 6) is -0.0167. The van der Waals surface area contributed by atoms with E-state index in [-0.39, 0.29) is 11.7 Å². The largest absolute Gasteiger partial charge is 0.336 e. The first kappa shape index (κ1) is 23.0. The number of sulfone groups is 1. The van der Waals surface area contributed by atoms with Gasteiger partial charge in [-0.05, 0) is 47.5 Å². The van der Waals surface area contributed by atoms with Crippen LogP contribution >= 0.6 is 22.9 Å². The maximum absolute atomic E-state index is 12.8. The Morgan fingerprint density at radius 1 is 1.00 bits per heavy atom. The van der Waals surface area contributed by atoms with E-state index in [4.69, 9.17) is 11.6 Å². The fourth-order valence-electron chi connectivity index (χ4n) is 3.82. The molecule has 1 aliphatic rings. The smallest absolute Gasteiger partial charge is 0.253 e. The molecule has 0 aliphatic carbocycles. The van der Waals surface area contributed by atoms with E-state index in [1.54, 1.807) is 35.6 Å². The minimum Gasteiger partial charge on any atom is -0.336 e. The predicted molar refractivity (Wildman–Crippen MR) is 131 cm³/mol. The third kappa shape index (κ3) is 5.98. The van der Waals surface area contributed by atoms with E-state index in [9.17, 15) is 13.2 Å². The Balaban J connectivity index is 1.31. The van der Waals surface area contributed by atoms with Gasteiger partial charge < -0.3 is 4.90 Å². The lowest BCUT2D eigenvalue weighted by molar-refractivity contribution is 0.0629. The fourth-order valence-corrected chi connectivity index (χ4v) is 5.85. The Labute approximate surface area is 198 Å². The van der Waals surface area contributed by atoms with E-state index in [0.29, 0.717) is 24.2 Å². The van der Waals surface area contributed by atoms with Crippen molar-refractivity contribution in [1.82, 2.24) is 9.80 Å².